The first-order valence-corrected chi connectivity index (χ1v) is 8.98. The van der Waals surface area contributed by atoms with Gasteiger partial charge in [0.2, 0.25) is 0 Å². The quantitative estimate of drug-likeness (QED) is 0.791. The van der Waals surface area contributed by atoms with Crippen LogP contribution in [0.5, 0.6) is 0 Å². The van der Waals surface area contributed by atoms with Gasteiger partial charge >= 0.3 is 0 Å². The van der Waals surface area contributed by atoms with Crippen molar-refractivity contribution in [2.75, 3.05) is 6.26 Å². The molecule has 20 heavy (non-hydrogen) atoms. The molecule has 0 aliphatic heterocycles. The van der Waals surface area contributed by atoms with Gasteiger partial charge in [-0.3, -0.25) is 0 Å². The summed E-state index contributed by atoms with van der Waals surface area (Å²) in [6.07, 6.45) is 9.11. The third kappa shape index (κ3) is 2.44. The standard InChI is InChI=1S/C15H20ClN3S/c1-10-6-7-17-15-14(10)18-13(9-16)19(15)11-4-3-5-12(8-11)20-2/h6-7,11-12H,3-5,8-9H2,1-2H3. The molecule has 0 radical (unpaired) electrons. The second-order valence-electron chi connectivity index (χ2n) is 5.51. The normalized spacial score (nSPS) is 23.4. The van der Waals surface area contributed by atoms with E-state index in [-0.39, 0.29) is 0 Å². The van der Waals surface area contributed by atoms with Gasteiger partial charge in [0.15, 0.2) is 5.65 Å². The van der Waals surface area contributed by atoms with Gasteiger partial charge in [-0.05, 0) is 44.1 Å². The van der Waals surface area contributed by atoms with Crippen LogP contribution in [0.3, 0.4) is 0 Å². The zero-order valence-electron chi connectivity index (χ0n) is 12.0. The Morgan fingerprint density at radius 2 is 2.30 bits per heavy atom. The molecule has 0 saturated heterocycles. The van der Waals surface area contributed by atoms with E-state index in [0.29, 0.717) is 11.9 Å². The van der Waals surface area contributed by atoms with E-state index < -0.39 is 0 Å². The Kier molecular flexibility index (Phi) is 4.22. The number of pyridine rings is 1. The fraction of sp³-hybridized carbons (Fsp3) is 0.600. The topological polar surface area (TPSA) is 30.7 Å². The summed E-state index contributed by atoms with van der Waals surface area (Å²) in [6, 6.07) is 2.51. The van der Waals surface area contributed by atoms with Crippen molar-refractivity contribution in [2.45, 2.75) is 49.8 Å². The summed E-state index contributed by atoms with van der Waals surface area (Å²) in [5.41, 5.74) is 3.19. The molecule has 2 aromatic rings. The maximum atomic E-state index is 6.13. The Balaban J connectivity index is 2.07. The molecule has 0 aromatic carbocycles. The third-order valence-corrected chi connectivity index (χ3v) is 5.60. The lowest BCUT2D eigenvalue weighted by Crippen LogP contribution is -2.22. The lowest BCUT2D eigenvalue weighted by Gasteiger charge is -2.30. The van der Waals surface area contributed by atoms with Gasteiger partial charge < -0.3 is 4.57 Å². The van der Waals surface area contributed by atoms with E-state index in [2.05, 4.69) is 22.7 Å². The molecular formula is C15H20ClN3S. The molecule has 0 amide bonds. The summed E-state index contributed by atoms with van der Waals surface area (Å²) in [7, 11) is 0. The van der Waals surface area contributed by atoms with Crippen LogP contribution in [0.15, 0.2) is 12.3 Å². The summed E-state index contributed by atoms with van der Waals surface area (Å²) < 4.78 is 2.30. The number of nitrogens with zero attached hydrogens (tertiary/aromatic N) is 3. The van der Waals surface area contributed by atoms with Crippen LogP contribution in [0.4, 0.5) is 0 Å². The minimum Gasteiger partial charge on any atom is -0.309 e. The molecule has 5 heteroatoms. The molecule has 2 atom stereocenters. The highest BCUT2D eigenvalue weighted by atomic mass is 35.5. The van der Waals surface area contributed by atoms with Gasteiger partial charge in [-0.25, -0.2) is 9.97 Å². The zero-order chi connectivity index (χ0) is 14.1. The van der Waals surface area contributed by atoms with Crippen LogP contribution < -0.4 is 0 Å². The SMILES string of the molecule is CSC1CCCC(n2c(CCl)nc3c(C)ccnc32)C1. The average Bonchev–Trinajstić information content (AvgIpc) is 2.87. The van der Waals surface area contributed by atoms with Crippen molar-refractivity contribution in [1.29, 1.82) is 0 Å². The number of thioether (sulfide) groups is 1. The lowest BCUT2D eigenvalue weighted by atomic mass is 9.94. The van der Waals surface area contributed by atoms with Crippen LogP contribution in [0.25, 0.3) is 11.2 Å². The first kappa shape index (κ1) is 14.2. The second kappa shape index (κ2) is 5.94. The van der Waals surface area contributed by atoms with Crippen LogP contribution >= 0.6 is 23.4 Å². The number of aryl methyl sites for hydroxylation is 1. The summed E-state index contributed by atoms with van der Waals surface area (Å²) in [5, 5.41) is 0.749. The molecule has 2 unspecified atom stereocenters. The average molecular weight is 310 g/mol. The minimum atomic E-state index is 0.455. The highest BCUT2D eigenvalue weighted by Gasteiger charge is 2.26. The molecular weight excluding hydrogens is 290 g/mol. The fourth-order valence-corrected chi connectivity index (χ4v) is 4.21. The first-order chi connectivity index (χ1) is 9.74. The molecule has 0 bridgehead atoms. The Hall–Kier alpha value is -0.740. The second-order valence-corrected chi connectivity index (χ2v) is 6.92. The summed E-state index contributed by atoms with van der Waals surface area (Å²) in [6.45, 7) is 2.09. The molecule has 108 valence electrons. The number of hydrogen-bond donors (Lipinski definition) is 0. The highest BCUT2D eigenvalue weighted by molar-refractivity contribution is 7.99. The lowest BCUT2D eigenvalue weighted by molar-refractivity contribution is 0.361. The minimum absolute atomic E-state index is 0.455. The summed E-state index contributed by atoms with van der Waals surface area (Å²) in [5.74, 6) is 1.42. The van der Waals surface area contributed by atoms with E-state index in [4.69, 9.17) is 16.6 Å². The maximum absolute atomic E-state index is 6.13. The first-order valence-electron chi connectivity index (χ1n) is 7.15. The van der Waals surface area contributed by atoms with Gasteiger partial charge in [-0.15, -0.1) is 11.6 Å². The third-order valence-electron chi connectivity index (χ3n) is 4.27. The van der Waals surface area contributed by atoms with E-state index in [1.807, 2.05) is 24.0 Å². The van der Waals surface area contributed by atoms with Crippen LogP contribution in [-0.2, 0) is 5.88 Å². The van der Waals surface area contributed by atoms with E-state index in [1.54, 1.807) is 0 Å². The number of fused-ring (bicyclic) bond motifs is 1. The van der Waals surface area contributed by atoms with Crippen molar-refractivity contribution in [3.05, 3.63) is 23.7 Å². The molecule has 1 saturated carbocycles. The molecule has 0 N–H and O–H groups in total. The van der Waals surface area contributed by atoms with Crippen LogP contribution in [0.1, 0.15) is 43.1 Å². The van der Waals surface area contributed by atoms with E-state index in [1.165, 1.54) is 31.2 Å². The maximum Gasteiger partial charge on any atom is 0.160 e. The molecule has 1 fully saturated rings. The van der Waals surface area contributed by atoms with E-state index in [9.17, 15) is 0 Å². The highest BCUT2D eigenvalue weighted by Crippen LogP contribution is 2.36. The van der Waals surface area contributed by atoms with Crippen LogP contribution in [0, 0.1) is 6.92 Å². The van der Waals surface area contributed by atoms with Crippen molar-refractivity contribution in [3.8, 4) is 0 Å². The summed E-state index contributed by atoms with van der Waals surface area (Å²) in [4.78, 5) is 9.29. The molecule has 3 nitrogen and oxygen atoms in total. The Morgan fingerprint density at radius 3 is 3.05 bits per heavy atom. The Labute approximate surface area is 129 Å². The molecule has 3 rings (SSSR count). The largest absolute Gasteiger partial charge is 0.309 e. The van der Waals surface area contributed by atoms with Gasteiger partial charge in [-0.2, -0.15) is 11.8 Å². The Morgan fingerprint density at radius 1 is 1.45 bits per heavy atom. The van der Waals surface area contributed by atoms with Crippen molar-refractivity contribution in [2.24, 2.45) is 0 Å². The zero-order valence-corrected chi connectivity index (χ0v) is 13.5. The van der Waals surface area contributed by atoms with Crippen molar-refractivity contribution in [1.82, 2.24) is 14.5 Å². The Bertz CT molecular complexity index is 610. The van der Waals surface area contributed by atoms with Gasteiger partial charge in [0.25, 0.3) is 0 Å². The predicted molar refractivity (Wildman–Crippen MR) is 86.6 cm³/mol. The molecule has 2 heterocycles. The molecule has 1 aliphatic rings. The van der Waals surface area contributed by atoms with Gasteiger partial charge in [-0.1, -0.05) is 6.42 Å². The molecule has 0 spiro atoms. The number of aromatic nitrogens is 3. The summed E-state index contributed by atoms with van der Waals surface area (Å²) >= 11 is 8.11. The van der Waals surface area contributed by atoms with Crippen LogP contribution in [0.2, 0.25) is 0 Å². The smallest absolute Gasteiger partial charge is 0.160 e. The van der Waals surface area contributed by atoms with Crippen molar-refractivity contribution < 1.29 is 0 Å². The van der Waals surface area contributed by atoms with Crippen LogP contribution in [-0.4, -0.2) is 26.0 Å². The number of rotatable bonds is 3. The van der Waals surface area contributed by atoms with E-state index in [0.717, 1.165) is 22.2 Å². The predicted octanol–water partition coefficient (Wildman–Crippen LogP) is 4.33. The molecule has 2 aromatic heterocycles. The monoisotopic (exact) mass is 309 g/mol. The number of halogens is 1. The van der Waals surface area contributed by atoms with E-state index >= 15 is 0 Å². The van der Waals surface area contributed by atoms with Crippen molar-refractivity contribution in [3.63, 3.8) is 0 Å². The van der Waals surface area contributed by atoms with Gasteiger partial charge in [0, 0.05) is 17.5 Å². The number of hydrogen-bond acceptors (Lipinski definition) is 3. The van der Waals surface area contributed by atoms with Gasteiger partial charge in [0.05, 0.1) is 5.88 Å². The van der Waals surface area contributed by atoms with Crippen molar-refractivity contribution >= 4 is 34.5 Å². The number of imidazole rings is 1. The molecule has 1 aliphatic carbocycles. The van der Waals surface area contributed by atoms with Gasteiger partial charge in [0.1, 0.15) is 11.3 Å². The fourth-order valence-electron chi connectivity index (χ4n) is 3.20. The number of alkyl halides is 1.